The van der Waals surface area contributed by atoms with Crippen molar-refractivity contribution < 1.29 is 0 Å². The predicted octanol–water partition coefficient (Wildman–Crippen LogP) is 6.51. The van der Waals surface area contributed by atoms with Crippen LogP contribution in [0.5, 0.6) is 0 Å². The molecule has 1 atom stereocenters. The van der Waals surface area contributed by atoms with Crippen molar-refractivity contribution in [2.24, 2.45) is 0 Å². The van der Waals surface area contributed by atoms with E-state index in [2.05, 4.69) is 70.0 Å². The van der Waals surface area contributed by atoms with Crippen molar-refractivity contribution in [3.63, 3.8) is 0 Å². The van der Waals surface area contributed by atoms with Crippen LogP contribution >= 0.6 is 43.5 Å². The van der Waals surface area contributed by atoms with E-state index < -0.39 is 0 Å². The van der Waals surface area contributed by atoms with Crippen LogP contribution in [0, 0.1) is 20.8 Å². The number of benzene rings is 2. The van der Waals surface area contributed by atoms with E-state index >= 15 is 0 Å². The summed E-state index contributed by atoms with van der Waals surface area (Å²) in [6, 6.07) is 10.5. The van der Waals surface area contributed by atoms with Crippen LogP contribution in [0.3, 0.4) is 0 Å². The quantitative estimate of drug-likeness (QED) is 0.502. The summed E-state index contributed by atoms with van der Waals surface area (Å²) in [5, 5.41) is 0.823. The number of alkyl halides is 1. The monoisotopic (exact) mass is 400 g/mol. The fourth-order valence-corrected chi connectivity index (χ4v) is 4.00. The van der Waals surface area contributed by atoms with Crippen LogP contribution < -0.4 is 0 Å². The topological polar surface area (TPSA) is 0 Å². The SMILES string of the molecule is Cc1cc(C(Br)c2cccc(C)c2Br)c(C)cc1Cl. The normalized spacial score (nSPS) is 12.5. The van der Waals surface area contributed by atoms with Gasteiger partial charge in [0.05, 0.1) is 4.83 Å². The molecule has 0 heterocycles. The molecule has 3 heteroatoms. The van der Waals surface area contributed by atoms with Crippen molar-refractivity contribution in [1.29, 1.82) is 0 Å². The van der Waals surface area contributed by atoms with Crippen molar-refractivity contribution in [3.05, 3.63) is 67.6 Å². The maximum Gasteiger partial charge on any atom is 0.0658 e. The highest BCUT2D eigenvalue weighted by atomic mass is 79.9. The van der Waals surface area contributed by atoms with Crippen LogP contribution in [-0.4, -0.2) is 0 Å². The maximum atomic E-state index is 6.17. The zero-order valence-electron chi connectivity index (χ0n) is 11.1. The Balaban J connectivity index is 2.53. The van der Waals surface area contributed by atoms with Gasteiger partial charge in [0.1, 0.15) is 0 Å². The van der Waals surface area contributed by atoms with E-state index in [0.29, 0.717) is 0 Å². The Labute approximate surface area is 136 Å². The summed E-state index contributed by atoms with van der Waals surface area (Å²) in [7, 11) is 0. The van der Waals surface area contributed by atoms with Gasteiger partial charge in [-0.05, 0) is 54.7 Å². The third kappa shape index (κ3) is 3.07. The molecule has 0 N–H and O–H groups in total. The second-order valence-electron chi connectivity index (χ2n) is 4.80. The Hall–Kier alpha value is -0.310. The highest BCUT2D eigenvalue weighted by Gasteiger charge is 2.17. The summed E-state index contributed by atoms with van der Waals surface area (Å²) in [4.78, 5) is 0.165. The van der Waals surface area contributed by atoms with Gasteiger partial charge in [-0.1, -0.05) is 67.7 Å². The molecule has 0 aliphatic heterocycles. The summed E-state index contributed by atoms with van der Waals surface area (Å²) >= 11 is 13.7. The first-order valence-electron chi connectivity index (χ1n) is 6.07. The second kappa shape index (κ2) is 5.99. The van der Waals surface area contributed by atoms with Crippen LogP contribution in [0.15, 0.2) is 34.8 Å². The Bertz CT molecular complexity index is 620. The van der Waals surface area contributed by atoms with Gasteiger partial charge >= 0.3 is 0 Å². The molecule has 2 aromatic rings. The average Bonchev–Trinajstić information content (AvgIpc) is 2.36. The molecule has 0 aliphatic carbocycles. The molecule has 0 radical (unpaired) electrons. The molecular formula is C16H15Br2Cl. The molecule has 0 amide bonds. The van der Waals surface area contributed by atoms with Gasteiger partial charge in [0.15, 0.2) is 0 Å². The molecule has 100 valence electrons. The van der Waals surface area contributed by atoms with Crippen molar-refractivity contribution in [2.45, 2.75) is 25.6 Å². The molecule has 0 aliphatic rings. The minimum Gasteiger partial charge on any atom is -0.0840 e. The van der Waals surface area contributed by atoms with Gasteiger partial charge in [0, 0.05) is 9.50 Å². The molecule has 0 saturated heterocycles. The Morgan fingerprint density at radius 3 is 2.32 bits per heavy atom. The van der Waals surface area contributed by atoms with Gasteiger partial charge in [-0.3, -0.25) is 0 Å². The molecule has 0 fully saturated rings. The van der Waals surface area contributed by atoms with E-state index in [0.717, 1.165) is 15.1 Å². The number of halogens is 3. The molecule has 0 bridgehead atoms. The molecule has 2 rings (SSSR count). The minimum absolute atomic E-state index is 0.165. The van der Waals surface area contributed by atoms with E-state index in [1.165, 1.54) is 22.3 Å². The van der Waals surface area contributed by atoms with Crippen LogP contribution in [0.25, 0.3) is 0 Å². The van der Waals surface area contributed by atoms with E-state index in [-0.39, 0.29) is 4.83 Å². The van der Waals surface area contributed by atoms with Crippen LogP contribution in [0.1, 0.15) is 32.6 Å². The molecular weight excluding hydrogens is 387 g/mol. The van der Waals surface area contributed by atoms with Gasteiger partial charge < -0.3 is 0 Å². The zero-order valence-corrected chi connectivity index (χ0v) is 15.0. The minimum atomic E-state index is 0.165. The van der Waals surface area contributed by atoms with Crippen molar-refractivity contribution >= 4 is 43.5 Å². The third-order valence-corrected chi connectivity index (χ3v) is 5.79. The smallest absolute Gasteiger partial charge is 0.0658 e. The maximum absolute atomic E-state index is 6.17. The van der Waals surface area contributed by atoms with Crippen LogP contribution in [-0.2, 0) is 0 Å². The third-order valence-electron chi connectivity index (χ3n) is 3.32. The highest BCUT2D eigenvalue weighted by Crippen LogP contribution is 2.39. The summed E-state index contributed by atoms with van der Waals surface area (Å²) in [6.07, 6.45) is 0. The number of hydrogen-bond acceptors (Lipinski definition) is 0. The fraction of sp³-hybridized carbons (Fsp3) is 0.250. The Morgan fingerprint density at radius 2 is 1.63 bits per heavy atom. The van der Waals surface area contributed by atoms with Gasteiger partial charge in [0.25, 0.3) is 0 Å². The lowest BCUT2D eigenvalue weighted by Gasteiger charge is -2.17. The standard InChI is InChI=1S/C16H15Br2Cl/c1-9-5-4-6-12(15(9)17)16(18)13-7-11(3)14(19)8-10(13)2/h4-8,16H,1-3H3. The molecule has 2 aromatic carbocycles. The summed E-state index contributed by atoms with van der Waals surface area (Å²) in [5.74, 6) is 0. The van der Waals surface area contributed by atoms with Crippen LogP contribution in [0.2, 0.25) is 5.02 Å². The van der Waals surface area contributed by atoms with Gasteiger partial charge in [-0.25, -0.2) is 0 Å². The van der Waals surface area contributed by atoms with E-state index in [1.807, 2.05) is 13.0 Å². The zero-order chi connectivity index (χ0) is 14.2. The molecule has 0 nitrogen and oxygen atoms in total. The fourth-order valence-electron chi connectivity index (χ4n) is 2.11. The van der Waals surface area contributed by atoms with Gasteiger partial charge in [-0.2, -0.15) is 0 Å². The first kappa shape index (κ1) is 15.1. The highest BCUT2D eigenvalue weighted by molar-refractivity contribution is 9.11. The summed E-state index contributed by atoms with van der Waals surface area (Å²) in [5.41, 5.74) is 6.05. The van der Waals surface area contributed by atoms with E-state index in [1.54, 1.807) is 0 Å². The summed E-state index contributed by atoms with van der Waals surface area (Å²) < 4.78 is 1.16. The molecule has 0 saturated carbocycles. The molecule has 19 heavy (non-hydrogen) atoms. The number of aryl methyl sites for hydroxylation is 3. The van der Waals surface area contributed by atoms with Crippen molar-refractivity contribution in [2.75, 3.05) is 0 Å². The van der Waals surface area contributed by atoms with Gasteiger partial charge in [0.2, 0.25) is 0 Å². The van der Waals surface area contributed by atoms with E-state index in [9.17, 15) is 0 Å². The lowest BCUT2D eigenvalue weighted by molar-refractivity contribution is 1.11. The van der Waals surface area contributed by atoms with Crippen molar-refractivity contribution in [1.82, 2.24) is 0 Å². The van der Waals surface area contributed by atoms with Crippen LogP contribution in [0.4, 0.5) is 0 Å². The Kier molecular flexibility index (Phi) is 4.75. The first-order valence-corrected chi connectivity index (χ1v) is 8.16. The second-order valence-corrected chi connectivity index (χ2v) is 6.91. The number of rotatable bonds is 2. The largest absolute Gasteiger partial charge is 0.0840 e. The lowest BCUT2D eigenvalue weighted by Crippen LogP contribution is -1.99. The number of hydrogen-bond donors (Lipinski definition) is 0. The lowest BCUT2D eigenvalue weighted by atomic mass is 9.97. The Morgan fingerprint density at radius 1 is 0.947 bits per heavy atom. The molecule has 0 aromatic heterocycles. The first-order chi connectivity index (χ1) is 8.91. The predicted molar refractivity (Wildman–Crippen MR) is 90.6 cm³/mol. The molecule has 0 spiro atoms. The van der Waals surface area contributed by atoms with E-state index in [4.69, 9.17) is 11.6 Å². The van der Waals surface area contributed by atoms with Crippen molar-refractivity contribution in [3.8, 4) is 0 Å². The summed E-state index contributed by atoms with van der Waals surface area (Å²) in [6.45, 7) is 6.24. The van der Waals surface area contributed by atoms with Gasteiger partial charge in [-0.15, -0.1) is 0 Å². The molecule has 1 unspecified atom stereocenters. The average molecular weight is 403 g/mol.